The molecule has 0 atom stereocenters. The lowest BCUT2D eigenvalue weighted by Crippen LogP contribution is -2.50. The molecule has 8 heteroatoms. The Morgan fingerprint density at radius 2 is 1.77 bits per heavy atom. The molecule has 0 saturated carbocycles. The fourth-order valence-corrected chi connectivity index (χ4v) is 5.76. The van der Waals surface area contributed by atoms with Crippen molar-refractivity contribution in [2.24, 2.45) is 0 Å². The van der Waals surface area contributed by atoms with Crippen LogP contribution in [0.15, 0.2) is 53.4 Å². The van der Waals surface area contributed by atoms with E-state index in [2.05, 4.69) is 4.98 Å². The quantitative estimate of drug-likeness (QED) is 0.582. The second kappa shape index (κ2) is 8.29. The number of fused-ring (bicyclic) bond motifs is 1. The highest BCUT2D eigenvalue weighted by Crippen LogP contribution is 2.23. The maximum absolute atomic E-state index is 12.9. The Bertz CT molecular complexity index is 1190. The summed E-state index contributed by atoms with van der Waals surface area (Å²) in [6.45, 7) is 5.17. The van der Waals surface area contributed by atoms with Gasteiger partial charge in [0.2, 0.25) is 15.9 Å². The molecule has 6 nitrogen and oxygen atoms in total. The number of aromatic nitrogens is 1. The third-order valence-electron chi connectivity index (χ3n) is 5.35. The average molecular weight is 442 g/mol. The monoisotopic (exact) mass is 441 g/mol. The van der Waals surface area contributed by atoms with Gasteiger partial charge in [0.05, 0.1) is 15.1 Å². The minimum Gasteiger partial charge on any atom is -0.337 e. The van der Waals surface area contributed by atoms with E-state index in [9.17, 15) is 13.2 Å². The molecule has 3 aromatic rings. The lowest BCUT2D eigenvalue weighted by molar-refractivity contribution is -0.127. The van der Waals surface area contributed by atoms with Crippen LogP contribution >= 0.6 is 11.3 Å². The lowest BCUT2D eigenvalue weighted by Gasteiger charge is -2.33. The number of carbonyl (C=O) groups is 1. The summed E-state index contributed by atoms with van der Waals surface area (Å²) in [5.74, 6) is -0.127. The van der Waals surface area contributed by atoms with Gasteiger partial charge in [0.15, 0.2) is 0 Å². The van der Waals surface area contributed by atoms with Crippen LogP contribution in [-0.4, -0.2) is 54.7 Å². The van der Waals surface area contributed by atoms with Crippen molar-refractivity contribution >= 4 is 43.6 Å². The van der Waals surface area contributed by atoms with E-state index in [0.717, 1.165) is 26.4 Å². The van der Waals surface area contributed by atoms with Crippen LogP contribution in [0.25, 0.3) is 16.3 Å². The van der Waals surface area contributed by atoms with Gasteiger partial charge in [0, 0.05) is 32.3 Å². The van der Waals surface area contributed by atoms with Crippen molar-refractivity contribution in [3.8, 4) is 0 Å². The molecule has 1 aliphatic heterocycles. The second-order valence-electron chi connectivity index (χ2n) is 7.33. The molecule has 2 heterocycles. The van der Waals surface area contributed by atoms with E-state index in [-0.39, 0.29) is 19.0 Å². The fourth-order valence-electron chi connectivity index (χ4n) is 3.38. The van der Waals surface area contributed by atoms with Crippen molar-refractivity contribution in [3.63, 3.8) is 0 Å². The highest BCUT2D eigenvalue weighted by Gasteiger charge is 2.29. The average Bonchev–Trinajstić information content (AvgIpc) is 3.17. The third kappa shape index (κ3) is 4.16. The Balaban J connectivity index is 1.39. The minimum atomic E-state index is -3.55. The molecule has 0 unspecified atom stereocenters. The lowest BCUT2D eigenvalue weighted by atomic mass is 10.1. The molecular formula is C22H23N3O3S2. The number of hydrogen-bond acceptors (Lipinski definition) is 5. The smallest absolute Gasteiger partial charge is 0.246 e. The zero-order valence-corrected chi connectivity index (χ0v) is 18.5. The normalized spacial score (nSPS) is 15.9. The molecule has 4 rings (SSSR count). The standard InChI is InChI=1S/C22H23N3O3S2/c1-16-7-8-18(15-17(16)2)30(27,28)25-13-11-24(12-14-25)22(26)10-9-21-23-19-5-3-4-6-20(19)29-21/h3-10,15H,11-14H2,1-2H3. The summed E-state index contributed by atoms with van der Waals surface area (Å²) in [7, 11) is -3.55. The molecule has 156 valence electrons. The Labute approximate surface area is 180 Å². The van der Waals surface area contributed by atoms with Gasteiger partial charge in [-0.2, -0.15) is 4.31 Å². The van der Waals surface area contributed by atoms with Gasteiger partial charge in [-0.25, -0.2) is 13.4 Å². The molecule has 0 radical (unpaired) electrons. The molecule has 1 fully saturated rings. The zero-order chi connectivity index (χ0) is 21.3. The molecule has 0 spiro atoms. The fraction of sp³-hybridized carbons (Fsp3) is 0.273. The molecule has 0 N–H and O–H groups in total. The number of amides is 1. The van der Waals surface area contributed by atoms with Crippen LogP contribution in [0, 0.1) is 13.8 Å². The molecule has 30 heavy (non-hydrogen) atoms. The van der Waals surface area contributed by atoms with E-state index in [1.807, 2.05) is 44.2 Å². The summed E-state index contributed by atoms with van der Waals surface area (Å²) in [6.07, 6.45) is 3.25. The first kappa shape index (κ1) is 20.7. The number of rotatable bonds is 4. The number of benzene rings is 2. The van der Waals surface area contributed by atoms with E-state index in [1.165, 1.54) is 21.7 Å². The largest absolute Gasteiger partial charge is 0.337 e. The van der Waals surface area contributed by atoms with Crippen molar-refractivity contribution in [1.82, 2.24) is 14.2 Å². The Morgan fingerprint density at radius 1 is 1.03 bits per heavy atom. The first-order valence-electron chi connectivity index (χ1n) is 9.74. The van der Waals surface area contributed by atoms with Gasteiger partial charge in [0.25, 0.3) is 0 Å². The van der Waals surface area contributed by atoms with Crippen LogP contribution < -0.4 is 0 Å². The van der Waals surface area contributed by atoms with Crippen LogP contribution in [0.5, 0.6) is 0 Å². The predicted molar refractivity (Wildman–Crippen MR) is 120 cm³/mol. The number of carbonyl (C=O) groups excluding carboxylic acids is 1. The summed E-state index contributed by atoms with van der Waals surface area (Å²) in [6, 6.07) is 13.0. The number of nitrogens with zero attached hydrogens (tertiary/aromatic N) is 3. The summed E-state index contributed by atoms with van der Waals surface area (Å²) in [5, 5.41) is 0.778. The Hall–Kier alpha value is -2.55. The van der Waals surface area contributed by atoms with Gasteiger partial charge < -0.3 is 4.90 Å². The maximum Gasteiger partial charge on any atom is 0.246 e. The number of para-hydroxylation sites is 1. The Kier molecular flexibility index (Phi) is 5.73. The number of sulfonamides is 1. The highest BCUT2D eigenvalue weighted by molar-refractivity contribution is 7.89. The number of piperazine rings is 1. The summed E-state index contributed by atoms with van der Waals surface area (Å²) >= 11 is 1.53. The predicted octanol–water partition coefficient (Wildman–Crippen LogP) is 3.46. The maximum atomic E-state index is 12.9. The number of aryl methyl sites for hydroxylation is 2. The third-order valence-corrected chi connectivity index (χ3v) is 8.24. The molecule has 1 saturated heterocycles. The minimum absolute atomic E-state index is 0.127. The molecule has 1 aromatic heterocycles. The van der Waals surface area contributed by atoms with Gasteiger partial charge in [-0.15, -0.1) is 11.3 Å². The van der Waals surface area contributed by atoms with Gasteiger partial charge in [-0.1, -0.05) is 18.2 Å². The topological polar surface area (TPSA) is 70.6 Å². The number of hydrogen-bond donors (Lipinski definition) is 0. The molecular weight excluding hydrogens is 418 g/mol. The van der Waals surface area contributed by atoms with Gasteiger partial charge in [0.1, 0.15) is 5.01 Å². The second-order valence-corrected chi connectivity index (χ2v) is 10.3. The molecule has 1 amide bonds. The van der Waals surface area contributed by atoms with Gasteiger partial charge in [-0.05, 0) is 55.3 Å². The zero-order valence-electron chi connectivity index (χ0n) is 16.9. The van der Waals surface area contributed by atoms with Gasteiger partial charge >= 0.3 is 0 Å². The van der Waals surface area contributed by atoms with Crippen LogP contribution in [0.1, 0.15) is 16.1 Å². The van der Waals surface area contributed by atoms with Crippen molar-refractivity contribution in [2.45, 2.75) is 18.7 Å². The van der Waals surface area contributed by atoms with Crippen molar-refractivity contribution in [1.29, 1.82) is 0 Å². The molecule has 0 aliphatic carbocycles. The van der Waals surface area contributed by atoms with E-state index in [1.54, 1.807) is 23.1 Å². The van der Waals surface area contributed by atoms with Crippen molar-refractivity contribution in [3.05, 3.63) is 64.7 Å². The van der Waals surface area contributed by atoms with Crippen LogP contribution in [0.3, 0.4) is 0 Å². The highest BCUT2D eigenvalue weighted by atomic mass is 32.2. The summed E-state index contributed by atoms with van der Waals surface area (Å²) in [4.78, 5) is 19.0. The van der Waals surface area contributed by atoms with Crippen LogP contribution in [0.2, 0.25) is 0 Å². The van der Waals surface area contributed by atoms with Crippen molar-refractivity contribution in [2.75, 3.05) is 26.2 Å². The summed E-state index contributed by atoms with van der Waals surface area (Å²) < 4.78 is 28.4. The first-order chi connectivity index (χ1) is 14.3. The van der Waals surface area contributed by atoms with E-state index < -0.39 is 10.0 Å². The van der Waals surface area contributed by atoms with E-state index in [4.69, 9.17) is 0 Å². The number of thiazole rings is 1. The van der Waals surface area contributed by atoms with Gasteiger partial charge in [-0.3, -0.25) is 4.79 Å². The van der Waals surface area contributed by atoms with Crippen LogP contribution in [0.4, 0.5) is 0 Å². The van der Waals surface area contributed by atoms with E-state index >= 15 is 0 Å². The molecule has 2 aromatic carbocycles. The molecule has 1 aliphatic rings. The van der Waals surface area contributed by atoms with Crippen molar-refractivity contribution < 1.29 is 13.2 Å². The Morgan fingerprint density at radius 3 is 2.47 bits per heavy atom. The first-order valence-corrected chi connectivity index (χ1v) is 12.0. The van der Waals surface area contributed by atoms with E-state index in [0.29, 0.717) is 18.0 Å². The van der Waals surface area contributed by atoms with Crippen LogP contribution in [-0.2, 0) is 14.8 Å². The SMILES string of the molecule is Cc1ccc(S(=O)(=O)N2CCN(C(=O)C=Cc3nc4ccccc4s3)CC2)cc1C. The summed E-state index contributed by atoms with van der Waals surface area (Å²) in [5.41, 5.74) is 2.92. The molecule has 0 bridgehead atoms.